The maximum absolute atomic E-state index is 12.8. The number of rotatable bonds is 2. The van der Waals surface area contributed by atoms with Crippen LogP contribution in [0.25, 0.3) is 0 Å². The van der Waals surface area contributed by atoms with Crippen molar-refractivity contribution in [3.8, 4) is 23.0 Å². The number of methoxy groups -OCH3 is 1. The number of carbonyl (C=O) groups excluding carboxylic acids is 1. The van der Waals surface area contributed by atoms with Gasteiger partial charge in [0.25, 0.3) is 0 Å². The Labute approximate surface area is 127 Å². The number of carbonyl (C=O) groups is 1. The van der Waals surface area contributed by atoms with Crippen molar-refractivity contribution in [3.05, 3.63) is 47.5 Å². The van der Waals surface area contributed by atoms with Gasteiger partial charge in [-0.15, -0.1) is 0 Å². The lowest BCUT2D eigenvalue weighted by atomic mass is 9.89. The fourth-order valence-electron chi connectivity index (χ4n) is 2.80. The summed E-state index contributed by atoms with van der Waals surface area (Å²) in [5.41, 5.74) is 1.45. The highest BCUT2D eigenvalue weighted by atomic mass is 16.7. The maximum atomic E-state index is 12.8. The lowest BCUT2D eigenvalue weighted by Gasteiger charge is -2.25. The van der Waals surface area contributed by atoms with E-state index in [2.05, 4.69) is 0 Å². The molecule has 0 saturated heterocycles. The van der Waals surface area contributed by atoms with Crippen molar-refractivity contribution >= 4 is 5.78 Å². The van der Waals surface area contributed by atoms with Crippen LogP contribution in [-0.2, 0) is 0 Å². The molecule has 4 rings (SSSR count). The molecule has 0 saturated carbocycles. The predicted molar refractivity (Wildman–Crippen MR) is 78.1 cm³/mol. The molecule has 2 aromatic carbocycles. The molecule has 0 radical (unpaired) electrons. The van der Waals surface area contributed by atoms with Crippen molar-refractivity contribution in [1.82, 2.24) is 0 Å². The maximum Gasteiger partial charge on any atom is 0.231 e. The molecule has 2 aliphatic rings. The lowest BCUT2D eigenvalue weighted by Crippen LogP contribution is -2.26. The van der Waals surface area contributed by atoms with Gasteiger partial charge in [0.2, 0.25) is 12.5 Å². The summed E-state index contributed by atoms with van der Waals surface area (Å²) in [5.74, 6) is 2.11. The zero-order chi connectivity index (χ0) is 15.1. The van der Waals surface area contributed by atoms with E-state index < -0.39 is 0 Å². The van der Waals surface area contributed by atoms with E-state index in [0.717, 1.165) is 11.3 Å². The second-order valence-electron chi connectivity index (χ2n) is 5.18. The van der Waals surface area contributed by atoms with Gasteiger partial charge in [0.05, 0.1) is 18.6 Å². The summed E-state index contributed by atoms with van der Waals surface area (Å²) < 4.78 is 21.7. The third-order valence-electron chi connectivity index (χ3n) is 3.99. The zero-order valence-corrected chi connectivity index (χ0v) is 12.0. The second kappa shape index (κ2) is 4.94. The Morgan fingerprint density at radius 2 is 1.82 bits per heavy atom. The summed E-state index contributed by atoms with van der Waals surface area (Å²) in [5, 5.41) is 0. The molecular weight excluding hydrogens is 284 g/mol. The van der Waals surface area contributed by atoms with Gasteiger partial charge in [-0.2, -0.15) is 0 Å². The summed E-state index contributed by atoms with van der Waals surface area (Å²) in [7, 11) is 1.61. The molecule has 5 nitrogen and oxygen atoms in total. The second-order valence-corrected chi connectivity index (χ2v) is 5.18. The molecule has 0 aromatic heterocycles. The normalized spacial score (nSPS) is 18.6. The van der Waals surface area contributed by atoms with E-state index in [9.17, 15) is 4.79 Å². The van der Waals surface area contributed by atoms with Crippen molar-refractivity contribution < 1.29 is 23.7 Å². The van der Waals surface area contributed by atoms with E-state index in [4.69, 9.17) is 18.9 Å². The SMILES string of the molecule is COc1ccc([C@H]2COc3c(ccc4c3OCO4)C2=O)cc1. The third-order valence-corrected chi connectivity index (χ3v) is 3.99. The van der Waals surface area contributed by atoms with E-state index in [1.54, 1.807) is 19.2 Å². The fraction of sp³-hybridized carbons (Fsp3) is 0.235. The van der Waals surface area contributed by atoms with Crippen molar-refractivity contribution in [2.24, 2.45) is 0 Å². The van der Waals surface area contributed by atoms with Crippen LogP contribution in [0.5, 0.6) is 23.0 Å². The number of Topliss-reactive ketones (excluding diaryl/α,β-unsaturated/α-hetero) is 1. The van der Waals surface area contributed by atoms with Crippen LogP contribution in [-0.4, -0.2) is 26.3 Å². The molecule has 5 heteroatoms. The zero-order valence-electron chi connectivity index (χ0n) is 12.0. The first-order valence-corrected chi connectivity index (χ1v) is 7.01. The Balaban J connectivity index is 1.70. The first-order chi connectivity index (χ1) is 10.8. The third kappa shape index (κ3) is 1.89. The molecule has 0 spiro atoms. The van der Waals surface area contributed by atoms with E-state index >= 15 is 0 Å². The minimum Gasteiger partial charge on any atom is -0.497 e. The average molecular weight is 298 g/mol. The minimum absolute atomic E-state index is 0.0321. The standard InChI is InChI=1S/C17H14O5/c1-19-11-4-2-10(3-5-11)13-8-20-16-12(15(13)18)6-7-14-17(16)22-9-21-14/h2-7,13H,8-9H2,1H3/t13-/m1/s1. The Morgan fingerprint density at radius 3 is 2.59 bits per heavy atom. The van der Waals surface area contributed by atoms with Crippen LogP contribution in [0.15, 0.2) is 36.4 Å². The van der Waals surface area contributed by atoms with Gasteiger partial charge in [0.1, 0.15) is 12.4 Å². The lowest BCUT2D eigenvalue weighted by molar-refractivity contribution is 0.0890. The first-order valence-electron chi connectivity index (χ1n) is 7.01. The van der Waals surface area contributed by atoms with E-state index in [1.165, 1.54) is 0 Å². The van der Waals surface area contributed by atoms with Gasteiger partial charge in [-0.25, -0.2) is 0 Å². The largest absolute Gasteiger partial charge is 0.497 e. The molecule has 112 valence electrons. The molecular formula is C17H14O5. The molecule has 0 bridgehead atoms. The van der Waals surface area contributed by atoms with Crippen LogP contribution in [0.1, 0.15) is 21.8 Å². The molecule has 0 N–H and O–H groups in total. The van der Waals surface area contributed by atoms with Crippen molar-refractivity contribution in [1.29, 1.82) is 0 Å². The molecule has 2 aliphatic heterocycles. The Bertz CT molecular complexity index is 735. The van der Waals surface area contributed by atoms with E-state index in [-0.39, 0.29) is 25.1 Å². The van der Waals surface area contributed by atoms with Crippen LogP contribution in [0.3, 0.4) is 0 Å². The van der Waals surface area contributed by atoms with Gasteiger partial charge >= 0.3 is 0 Å². The highest BCUT2D eigenvalue weighted by Gasteiger charge is 2.34. The van der Waals surface area contributed by atoms with Crippen molar-refractivity contribution in [2.75, 3.05) is 20.5 Å². The van der Waals surface area contributed by atoms with Gasteiger partial charge in [-0.3, -0.25) is 4.79 Å². The fourth-order valence-corrected chi connectivity index (χ4v) is 2.80. The van der Waals surface area contributed by atoms with E-state index in [1.807, 2.05) is 24.3 Å². The van der Waals surface area contributed by atoms with Crippen LogP contribution in [0.4, 0.5) is 0 Å². The highest BCUT2D eigenvalue weighted by Crippen LogP contribution is 2.46. The summed E-state index contributed by atoms with van der Waals surface area (Å²) in [6, 6.07) is 11.0. The van der Waals surface area contributed by atoms with Crippen molar-refractivity contribution in [3.63, 3.8) is 0 Å². The molecule has 0 unspecified atom stereocenters. The number of ketones is 1. The molecule has 22 heavy (non-hydrogen) atoms. The molecule has 0 aliphatic carbocycles. The van der Waals surface area contributed by atoms with Gasteiger partial charge in [-0.05, 0) is 29.8 Å². The van der Waals surface area contributed by atoms with Crippen LogP contribution in [0, 0.1) is 0 Å². The first kappa shape index (κ1) is 13.0. The highest BCUT2D eigenvalue weighted by molar-refractivity contribution is 6.05. The topological polar surface area (TPSA) is 54.0 Å². The smallest absolute Gasteiger partial charge is 0.231 e. The van der Waals surface area contributed by atoms with Crippen LogP contribution >= 0.6 is 0 Å². The van der Waals surface area contributed by atoms with Crippen molar-refractivity contribution in [2.45, 2.75) is 5.92 Å². The Kier molecular flexibility index (Phi) is 2.92. The predicted octanol–water partition coefficient (Wildman–Crippen LogP) is 2.78. The number of benzene rings is 2. The summed E-state index contributed by atoms with van der Waals surface area (Å²) >= 11 is 0. The summed E-state index contributed by atoms with van der Waals surface area (Å²) in [4.78, 5) is 12.8. The number of ether oxygens (including phenoxy) is 4. The van der Waals surface area contributed by atoms with Crippen LogP contribution in [0.2, 0.25) is 0 Å². The minimum atomic E-state index is -0.321. The number of hydrogen-bond donors (Lipinski definition) is 0. The molecule has 0 amide bonds. The monoisotopic (exact) mass is 298 g/mol. The summed E-state index contributed by atoms with van der Waals surface area (Å²) in [6.07, 6.45) is 0. The molecule has 2 heterocycles. The molecule has 2 aromatic rings. The Hall–Kier alpha value is -2.69. The van der Waals surface area contributed by atoms with Gasteiger partial charge in [0, 0.05) is 0 Å². The molecule has 1 atom stereocenters. The van der Waals surface area contributed by atoms with Gasteiger partial charge in [0.15, 0.2) is 17.3 Å². The van der Waals surface area contributed by atoms with Gasteiger partial charge < -0.3 is 18.9 Å². The number of fused-ring (bicyclic) bond motifs is 3. The van der Waals surface area contributed by atoms with Gasteiger partial charge in [-0.1, -0.05) is 12.1 Å². The summed E-state index contributed by atoms with van der Waals surface area (Å²) in [6.45, 7) is 0.448. The van der Waals surface area contributed by atoms with E-state index in [0.29, 0.717) is 22.8 Å². The molecule has 0 fully saturated rings. The average Bonchev–Trinajstić information content (AvgIpc) is 3.04. The quantitative estimate of drug-likeness (QED) is 0.853. The number of hydrogen-bond acceptors (Lipinski definition) is 5. The van der Waals surface area contributed by atoms with Crippen LogP contribution < -0.4 is 18.9 Å². The Morgan fingerprint density at radius 1 is 1.00 bits per heavy atom.